The van der Waals surface area contributed by atoms with Gasteiger partial charge >= 0.3 is 12.1 Å². The van der Waals surface area contributed by atoms with E-state index in [1.807, 2.05) is 54.6 Å². The Bertz CT molecular complexity index is 904. The molecule has 0 saturated heterocycles. The Morgan fingerprint density at radius 3 is 2.54 bits per heavy atom. The molecule has 0 unspecified atom stereocenters. The van der Waals surface area contributed by atoms with Gasteiger partial charge in [0.1, 0.15) is 12.6 Å². The van der Waals surface area contributed by atoms with Crippen molar-refractivity contribution in [3.8, 4) is 0 Å². The quantitative estimate of drug-likeness (QED) is 0.712. The summed E-state index contributed by atoms with van der Waals surface area (Å²) in [6.45, 7) is 0.101. The largest absolute Gasteiger partial charge is 0.480 e. The summed E-state index contributed by atoms with van der Waals surface area (Å²) >= 11 is 0. The van der Waals surface area contributed by atoms with Crippen LogP contribution in [0.1, 0.15) is 11.1 Å². The highest BCUT2D eigenvalue weighted by Crippen LogP contribution is 2.20. The second kappa shape index (κ2) is 7.74. The zero-order chi connectivity index (χ0) is 18.5. The molecule has 134 valence electrons. The number of ether oxygens (including phenoxy) is 1. The molecule has 26 heavy (non-hydrogen) atoms. The number of carbonyl (C=O) groups is 2. The number of nitrogens with zero attached hydrogens (tertiary/aromatic N) is 1. The fraction of sp³-hybridized carbons (Fsp3) is 0.200. The maximum atomic E-state index is 12.3. The lowest BCUT2D eigenvalue weighted by atomic mass is 10.0. The molecule has 1 atom stereocenters. The SMILES string of the molecule is CN(C(=O)OCc1ccccc1)[C@@H](Cc1c[nH]c2ccccc12)C(=O)O. The number of benzene rings is 2. The van der Waals surface area contributed by atoms with Crippen LogP contribution in [0.2, 0.25) is 0 Å². The van der Waals surface area contributed by atoms with Crippen LogP contribution in [0.5, 0.6) is 0 Å². The predicted molar refractivity (Wildman–Crippen MR) is 97.8 cm³/mol. The summed E-state index contributed by atoms with van der Waals surface area (Å²) in [5.74, 6) is -1.07. The van der Waals surface area contributed by atoms with Gasteiger partial charge in [-0.05, 0) is 17.2 Å². The second-order valence-electron chi connectivity index (χ2n) is 6.07. The molecule has 0 spiro atoms. The number of para-hydroxylation sites is 1. The highest BCUT2D eigenvalue weighted by molar-refractivity contribution is 5.85. The number of aliphatic carboxylic acids is 1. The fourth-order valence-electron chi connectivity index (χ4n) is 2.85. The fourth-order valence-corrected chi connectivity index (χ4v) is 2.85. The van der Waals surface area contributed by atoms with E-state index in [2.05, 4.69) is 4.98 Å². The number of amides is 1. The van der Waals surface area contributed by atoms with Gasteiger partial charge in [0, 0.05) is 30.6 Å². The summed E-state index contributed by atoms with van der Waals surface area (Å²) in [6, 6.07) is 15.9. The van der Waals surface area contributed by atoms with E-state index >= 15 is 0 Å². The van der Waals surface area contributed by atoms with Gasteiger partial charge in [-0.25, -0.2) is 9.59 Å². The predicted octanol–water partition coefficient (Wildman–Crippen LogP) is 3.43. The number of nitrogens with one attached hydrogen (secondary N) is 1. The molecule has 1 heterocycles. The minimum absolute atomic E-state index is 0.101. The summed E-state index contributed by atoms with van der Waals surface area (Å²) in [4.78, 5) is 28.3. The van der Waals surface area contributed by atoms with Crippen LogP contribution in [0.25, 0.3) is 10.9 Å². The van der Waals surface area contributed by atoms with Gasteiger partial charge < -0.3 is 14.8 Å². The Labute approximate surface area is 151 Å². The number of hydrogen-bond donors (Lipinski definition) is 2. The van der Waals surface area contributed by atoms with Crippen LogP contribution in [0, 0.1) is 0 Å². The molecule has 3 rings (SSSR count). The van der Waals surface area contributed by atoms with Crippen molar-refractivity contribution in [3.63, 3.8) is 0 Å². The number of carboxylic acids is 1. The molecule has 6 heteroatoms. The van der Waals surface area contributed by atoms with E-state index in [9.17, 15) is 14.7 Å². The highest BCUT2D eigenvalue weighted by atomic mass is 16.6. The zero-order valence-electron chi connectivity index (χ0n) is 14.4. The van der Waals surface area contributed by atoms with E-state index < -0.39 is 18.1 Å². The maximum Gasteiger partial charge on any atom is 0.410 e. The summed E-state index contributed by atoms with van der Waals surface area (Å²) in [5, 5.41) is 10.5. The van der Waals surface area contributed by atoms with E-state index in [1.165, 1.54) is 7.05 Å². The third-order valence-electron chi connectivity index (χ3n) is 4.33. The molecule has 0 radical (unpaired) electrons. The van der Waals surface area contributed by atoms with E-state index in [1.54, 1.807) is 6.20 Å². The van der Waals surface area contributed by atoms with Gasteiger partial charge in [0.2, 0.25) is 0 Å². The van der Waals surface area contributed by atoms with Crippen molar-refractivity contribution in [2.75, 3.05) is 7.05 Å². The molecule has 1 aromatic heterocycles. The van der Waals surface area contributed by atoms with Gasteiger partial charge in [-0.2, -0.15) is 0 Å². The molecule has 2 N–H and O–H groups in total. The van der Waals surface area contributed by atoms with Crippen molar-refractivity contribution in [1.82, 2.24) is 9.88 Å². The van der Waals surface area contributed by atoms with Gasteiger partial charge in [-0.15, -0.1) is 0 Å². The molecule has 0 fully saturated rings. The molecule has 1 amide bonds. The number of carbonyl (C=O) groups excluding carboxylic acids is 1. The number of fused-ring (bicyclic) bond motifs is 1. The molecular weight excluding hydrogens is 332 g/mol. The lowest BCUT2D eigenvalue weighted by Gasteiger charge is -2.24. The number of aromatic nitrogens is 1. The summed E-state index contributed by atoms with van der Waals surface area (Å²) in [5.41, 5.74) is 2.62. The van der Waals surface area contributed by atoms with Gasteiger partial charge in [-0.1, -0.05) is 48.5 Å². The summed E-state index contributed by atoms with van der Waals surface area (Å²) in [7, 11) is 1.45. The van der Waals surface area contributed by atoms with Crippen LogP contribution in [0.4, 0.5) is 4.79 Å². The monoisotopic (exact) mass is 352 g/mol. The molecular formula is C20H20N2O4. The van der Waals surface area contributed by atoms with E-state index in [-0.39, 0.29) is 13.0 Å². The average Bonchev–Trinajstić information content (AvgIpc) is 3.07. The Kier molecular flexibility index (Phi) is 5.22. The topological polar surface area (TPSA) is 82.6 Å². The van der Waals surface area contributed by atoms with Crippen LogP contribution < -0.4 is 0 Å². The number of H-pyrrole nitrogens is 1. The first-order valence-electron chi connectivity index (χ1n) is 8.27. The van der Waals surface area contributed by atoms with Crippen molar-refractivity contribution < 1.29 is 19.4 Å². The Balaban J connectivity index is 1.70. The lowest BCUT2D eigenvalue weighted by molar-refractivity contribution is -0.142. The van der Waals surface area contributed by atoms with Gasteiger partial charge in [0.05, 0.1) is 0 Å². The number of carboxylic acid groups (broad SMARTS) is 1. The smallest absolute Gasteiger partial charge is 0.410 e. The van der Waals surface area contributed by atoms with Crippen molar-refractivity contribution in [3.05, 3.63) is 71.9 Å². The van der Waals surface area contributed by atoms with Crippen LogP contribution in [-0.4, -0.2) is 40.1 Å². The Morgan fingerprint density at radius 2 is 1.81 bits per heavy atom. The molecule has 3 aromatic rings. The number of likely N-dealkylation sites (N-methyl/N-ethyl adjacent to an activating group) is 1. The van der Waals surface area contributed by atoms with Crippen molar-refractivity contribution >= 4 is 23.0 Å². The molecule has 2 aromatic carbocycles. The van der Waals surface area contributed by atoms with Crippen molar-refractivity contribution in [2.45, 2.75) is 19.1 Å². The Hall–Kier alpha value is -3.28. The first kappa shape index (κ1) is 17.5. The van der Waals surface area contributed by atoms with Crippen LogP contribution in [-0.2, 0) is 22.6 Å². The van der Waals surface area contributed by atoms with Gasteiger partial charge in [0.15, 0.2) is 0 Å². The number of aromatic amines is 1. The van der Waals surface area contributed by atoms with Crippen LogP contribution >= 0.6 is 0 Å². The third-order valence-corrected chi connectivity index (χ3v) is 4.33. The lowest BCUT2D eigenvalue weighted by Crippen LogP contribution is -2.44. The first-order chi connectivity index (χ1) is 12.6. The Morgan fingerprint density at radius 1 is 1.12 bits per heavy atom. The zero-order valence-corrected chi connectivity index (χ0v) is 14.4. The first-order valence-corrected chi connectivity index (χ1v) is 8.27. The van der Waals surface area contributed by atoms with Crippen molar-refractivity contribution in [1.29, 1.82) is 0 Å². The summed E-state index contributed by atoms with van der Waals surface area (Å²) < 4.78 is 5.24. The van der Waals surface area contributed by atoms with E-state index in [0.29, 0.717) is 0 Å². The minimum Gasteiger partial charge on any atom is -0.480 e. The molecule has 0 aliphatic carbocycles. The maximum absolute atomic E-state index is 12.3. The van der Waals surface area contributed by atoms with Crippen molar-refractivity contribution in [2.24, 2.45) is 0 Å². The average molecular weight is 352 g/mol. The van der Waals surface area contributed by atoms with Gasteiger partial charge in [0.25, 0.3) is 0 Å². The van der Waals surface area contributed by atoms with Gasteiger partial charge in [-0.3, -0.25) is 4.90 Å². The molecule has 0 aliphatic rings. The van der Waals surface area contributed by atoms with Crippen LogP contribution in [0.15, 0.2) is 60.8 Å². The standard InChI is InChI=1S/C20H20N2O4/c1-22(20(25)26-13-14-7-3-2-4-8-14)18(19(23)24)11-15-12-21-17-10-6-5-9-16(15)17/h2-10,12,18,21H,11,13H2,1H3,(H,23,24)/t18-/m0/s1. The minimum atomic E-state index is -1.07. The van der Waals surface area contributed by atoms with Crippen LogP contribution in [0.3, 0.4) is 0 Å². The normalized spacial score (nSPS) is 11.9. The molecule has 0 bridgehead atoms. The van der Waals surface area contributed by atoms with E-state index in [4.69, 9.17) is 4.74 Å². The van der Waals surface area contributed by atoms with E-state index in [0.717, 1.165) is 26.9 Å². The highest BCUT2D eigenvalue weighted by Gasteiger charge is 2.28. The third kappa shape index (κ3) is 3.85. The number of hydrogen-bond acceptors (Lipinski definition) is 3. The second-order valence-corrected chi connectivity index (χ2v) is 6.07. The number of rotatable bonds is 6. The summed E-state index contributed by atoms with van der Waals surface area (Å²) in [6.07, 6.45) is 1.31. The molecule has 0 saturated carbocycles. The molecule has 6 nitrogen and oxygen atoms in total. The molecule has 0 aliphatic heterocycles.